The highest BCUT2D eigenvalue weighted by molar-refractivity contribution is 5.88. The van der Waals surface area contributed by atoms with Crippen molar-refractivity contribution in [2.45, 2.75) is 72.0 Å². The van der Waals surface area contributed by atoms with Crippen molar-refractivity contribution in [3.05, 3.63) is 64.7 Å². The van der Waals surface area contributed by atoms with E-state index in [1.54, 1.807) is 11.8 Å². The summed E-state index contributed by atoms with van der Waals surface area (Å²) in [5.74, 6) is 0.372. The van der Waals surface area contributed by atoms with E-state index in [1.807, 2.05) is 57.2 Å². The number of hydrogen-bond acceptors (Lipinski definition) is 3. The average Bonchev–Trinajstić information content (AvgIpc) is 3.23. The maximum Gasteiger partial charge on any atom is 0.261 e. The predicted octanol–water partition coefficient (Wildman–Crippen LogP) is 4.47. The lowest BCUT2D eigenvalue weighted by Gasteiger charge is -2.29. The van der Waals surface area contributed by atoms with Crippen LogP contribution in [0.1, 0.15) is 54.9 Å². The van der Waals surface area contributed by atoms with Gasteiger partial charge < -0.3 is 15.0 Å². The highest BCUT2D eigenvalue weighted by atomic mass is 16.5. The van der Waals surface area contributed by atoms with Crippen LogP contribution in [0.4, 0.5) is 0 Å². The van der Waals surface area contributed by atoms with E-state index >= 15 is 0 Å². The fraction of sp³-hybridized carbons (Fsp3) is 0.462. The lowest BCUT2D eigenvalue weighted by atomic mass is 10.1. The molecule has 0 unspecified atom stereocenters. The fourth-order valence-electron chi connectivity index (χ4n) is 4.11. The van der Waals surface area contributed by atoms with Gasteiger partial charge in [-0.2, -0.15) is 0 Å². The number of nitrogens with one attached hydrogen (secondary N) is 1. The maximum atomic E-state index is 13.2. The van der Waals surface area contributed by atoms with E-state index in [1.165, 1.54) is 0 Å². The molecule has 0 heterocycles. The molecule has 5 nitrogen and oxygen atoms in total. The fourth-order valence-corrected chi connectivity index (χ4v) is 4.11. The van der Waals surface area contributed by atoms with Gasteiger partial charge in [-0.1, -0.05) is 48.7 Å². The van der Waals surface area contributed by atoms with E-state index in [4.69, 9.17) is 4.74 Å². The molecular formula is C26H34N2O3. The van der Waals surface area contributed by atoms with Gasteiger partial charge in [0.15, 0.2) is 6.61 Å². The Bertz CT molecular complexity index is 881. The topological polar surface area (TPSA) is 58.6 Å². The van der Waals surface area contributed by atoms with Crippen LogP contribution in [-0.2, 0) is 16.1 Å². The molecule has 3 rings (SSSR count). The first-order valence-electron chi connectivity index (χ1n) is 11.2. The number of rotatable bonds is 8. The molecule has 2 aromatic carbocycles. The minimum atomic E-state index is -0.572. The van der Waals surface area contributed by atoms with Crippen LogP contribution in [0.25, 0.3) is 0 Å². The summed E-state index contributed by atoms with van der Waals surface area (Å²) in [6, 6.07) is 13.6. The Morgan fingerprint density at radius 3 is 2.23 bits per heavy atom. The summed E-state index contributed by atoms with van der Waals surface area (Å²) >= 11 is 0. The average molecular weight is 423 g/mol. The minimum Gasteiger partial charge on any atom is -0.484 e. The van der Waals surface area contributed by atoms with Crippen LogP contribution < -0.4 is 10.1 Å². The van der Waals surface area contributed by atoms with Gasteiger partial charge in [-0.25, -0.2) is 0 Å². The van der Waals surface area contributed by atoms with Crippen LogP contribution in [0.15, 0.2) is 42.5 Å². The Hall–Kier alpha value is -2.82. The Balaban J connectivity index is 1.72. The van der Waals surface area contributed by atoms with Gasteiger partial charge >= 0.3 is 0 Å². The second-order valence-corrected chi connectivity index (χ2v) is 8.79. The molecule has 0 radical (unpaired) electrons. The molecule has 0 aliphatic heterocycles. The van der Waals surface area contributed by atoms with E-state index < -0.39 is 6.04 Å². The molecule has 1 fully saturated rings. The normalized spacial score (nSPS) is 14.8. The molecule has 1 N–H and O–H groups in total. The van der Waals surface area contributed by atoms with Crippen molar-refractivity contribution in [2.75, 3.05) is 6.61 Å². The molecule has 0 spiro atoms. The first-order valence-corrected chi connectivity index (χ1v) is 11.2. The lowest BCUT2D eigenvalue weighted by Crippen LogP contribution is -2.50. The van der Waals surface area contributed by atoms with Crippen LogP contribution in [0, 0.1) is 20.8 Å². The third kappa shape index (κ3) is 6.58. The number of benzene rings is 2. The molecule has 1 aliphatic carbocycles. The molecule has 0 bridgehead atoms. The van der Waals surface area contributed by atoms with Crippen molar-refractivity contribution in [3.63, 3.8) is 0 Å². The highest BCUT2D eigenvalue weighted by Crippen LogP contribution is 2.19. The van der Waals surface area contributed by atoms with Gasteiger partial charge in [0.2, 0.25) is 5.91 Å². The van der Waals surface area contributed by atoms with E-state index in [2.05, 4.69) is 11.4 Å². The Morgan fingerprint density at radius 2 is 1.61 bits per heavy atom. The summed E-state index contributed by atoms with van der Waals surface area (Å²) in [6.07, 6.45) is 4.32. The minimum absolute atomic E-state index is 0.0984. The Kier molecular flexibility index (Phi) is 7.72. The third-order valence-corrected chi connectivity index (χ3v) is 5.90. The molecule has 1 atom stereocenters. The zero-order chi connectivity index (χ0) is 22.4. The van der Waals surface area contributed by atoms with Crippen LogP contribution in [0.5, 0.6) is 5.75 Å². The molecule has 2 aromatic rings. The van der Waals surface area contributed by atoms with Crippen LogP contribution in [0.2, 0.25) is 0 Å². The van der Waals surface area contributed by atoms with Crippen molar-refractivity contribution in [2.24, 2.45) is 0 Å². The maximum absolute atomic E-state index is 13.2. The van der Waals surface area contributed by atoms with Crippen LogP contribution in [0.3, 0.4) is 0 Å². The van der Waals surface area contributed by atoms with Gasteiger partial charge in [-0.05, 0) is 69.4 Å². The zero-order valence-corrected chi connectivity index (χ0v) is 19.1. The van der Waals surface area contributed by atoms with Crippen molar-refractivity contribution in [1.29, 1.82) is 0 Å². The van der Waals surface area contributed by atoms with Crippen LogP contribution in [-0.4, -0.2) is 35.4 Å². The van der Waals surface area contributed by atoms with Crippen molar-refractivity contribution in [3.8, 4) is 5.75 Å². The van der Waals surface area contributed by atoms with E-state index in [-0.39, 0.29) is 24.5 Å². The molecule has 2 amide bonds. The summed E-state index contributed by atoms with van der Waals surface area (Å²) in [6.45, 7) is 8.10. The van der Waals surface area contributed by atoms with Gasteiger partial charge in [0.1, 0.15) is 11.8 Å². The third-order valence-electron chi connectivity index (χ3n) is 5.90. The van der Waals surface area contributed by atoms with Crippen molar-refractivity contribution < 1.29 is 14.3 Å². The molecule has 5 heteroatoms. The largest absolute Gasteiger partial charge is 0.484 e. The molecule has 166 valence electrons. The van der Waals surface area contributed by atoms with Gasteiger partial charge in [0, 0.05) is 12.6 Å². The molecule has 31 heavy (non-hydrogen) atoms. The monoisotopic (exact) mass is 422 g/mol. The number of ether oxygens (including phenoxy) is 1. The summed E-state index contributed by atoms with van der Waals surface area (Å²) in [4.78, 5) is 27.7. The first-order chi connectivity index (χ1) is 14.8. The number of aryl methyl sites for hydroxylation is 3. The van der Waals surface area contributed by atoms with Gasteiger partial charge in [0.25, 0.3) is 5.91 Å². The van der Waals surface area contributed by atoms with Gasteiger partial charge in [0.05, 0.1) is 0 Å². The standard InChI is InChI=1S/C26H34N2O3/c1-18-9-11-22(12-10-18)16-28(21(4)26(30)27-23-7-5-6-8-23)25(29)17-31-24-14-19(2)13-20(3)15-24/h9-15,21,23H,5-8,16-17H2,1-4H3,(H,27,30)/t21-/m1/s1. The van der Waals surface area contributed by atoms with E-state index in [0.29, 0.717) is 12.3 Å². The van der Waals surface area contributed by atoms with Crippen LogP contribution >= 0.6 is 0 Å². The SMILES string of the molecule is Cc1ccc(CN(C(=O)COc2cc(C)cc(C)c2)[C@H](C)C(=O)NC2CCCC2)cc1. The second-order valence-electron chi connectivity index (χ2n) is 8.79. The zero-order valence-electron chi connectivity index (χ0n) is 19.1. The Morgan fingerprint density at radius 1 is 1.00 bits per heavy atom. The molecule has 1 aliphatic rings. The smallest absolute Gasteiger partial charge is 0.261 e. The number of hydrogen-bond donors (Lipinski definition) is 1. The van der Waals surface area contributed by atoms with E-state index in [9.17, 15) is 9.59 Å². The summed E-state index contributed by atoms with van der Waals surface area (Å²) in [5.41, 5.74) is 4.32. The van der Waals surface area contributed by atoms with Gasteiger partial charge in [-0.3, -0.25) is 9.59 Å². The van der Waals surface area contributed by atoms with Crippen molar-refractivity contribution >= 4 is 11.8 Å². The van der Waals surface area contributed by atoms with Gasteiger partial charge in [-0.15, -0.1) is 0 Å². The first kappa shape index (κ1) is 22.9. The quantitative estimate of drug-likeness (QED) is 0.683. The lowest BCUT2D eigenvalue weighted by molar-refractivity contribution is -0.142. The Labute approximate surface area is 185 Å². The molecule has 0 aromatic heterocycles. The molecule has 1 saturated carbocycles. The molecule has 0 saturated heterocycles. The molecular weight excluding hydrogens is 388 g/mol. The number of carbonyl (C=O) groups is 2. The number of nitrogens with zero attached hydrogens (tertiary/aromatic N) is 1. The highest BCUT2D eigenvalue weighted by Gasteiger charge is 2.28. The number of amides is 2. The second kappa shape index (κ2) is 10.5. The van der Waals surface area contributed by atoms with Crippen molar-refractivity contribution in [1.82, 2.24) is 10.2 Å². The van der Waals surface area contributed by atoms with E-state index in [0.717, 1.165) is 47.9 Å². The summed E-state index contributed by atoms with van der Waals surface area (Å²) in [5, 5.41) is 3.12. The predicted molar refractivity (Wildman–Crippen MR) is 123 cm³/mol. The number of carbonyl (C=O) groups excluding carboxylic acids is 2. The summed E-state index contributed by atoms with van der Waals surface area (Å²) in [7, 11) is 0. The summed E-state index contributed by atoms with van der Waals surface area (Å²) < 4.78 is 5.81.